The molecule has 0 unspecified atom stereocenters. The van der Waals surface area contributed by atoms with E-state index in [-0.39, 0.29) is 18.4 Å². The molecule has 0 aromatic heterocycles. The zero-order chi connectivity index (χ0) is 18.1. The lowest BCUT2D eigenvalue weighted by atomic mass is 10.0. The van der Waals surface area contributed by atoms with Gasteiger partial charge in [-0.1, -0.05) is 49.8 Å². The third-order valence-electron chi connectivity index (χ3n) is 3.62. The maximum absolute atomic E-state index is 12.4. The summed E-state index contributed by atoms with van der Waals surface area (Å²) in [7, 11) is 0. The molecule has 5 nitrogen and oxygen atoms in total. The van der Waals surface area contributed by atoms with Crippen molar-refractivity contribution in [2.75, 3.05) is 6.61 Å². The number of nitrogens with two attached hydrogens (primary N) is 1. The Morgan fingerprint density at radius 3 is 2.38 bits per heavy atom. The molecule has 2 atom stereocenters. The number of amides is 1. The number of nitrogens with one attached hydrogen (secondary N) is 1. The number of hydrogen-bond donors (Lipinski definition) is 2. The largest absolute Gasteiger partial charge is 0.460 e. The Kier molecular flexibility index (Phi) is 8.19. The van der Waals surface area contributed by atoms with Crippen molar-refractivity contribution in [2.24, 2.45) is 11.7 Å². The molecular formula is C19H28N2O3. The fourth-order valence-electron chi connectivity index (χ4n) is 2.00. The van der Waals surface area contributed by atoms with Crippen LogP contribution in [0.1, 0.15) is 33.3 Å². The molecule has 132 valence electrons. The minimum atomic E-state index is -0.754. The van der Waals surface area contributed by atoms with Crippen molar-refractivity contribution >= 4 is 11.9 Å². The molecule has 0 aliphatic carbocycles. The van der Waals surface area contributed by atoms with Crippen LogP contribution in [0.25, 0.3) is 0 Å². The van der Waals surface area contributed by atoms with Crippen LogP contribution in [0.15, 0.2) is 42.0 Å². The lowest BCUT2D eigenvalue weighted by molar-refractivity contribution is -0.147. The van der Waals surface area contributed by atoms with Crippen LogP contribution in [0.3, 0.4) is 0 Å². The standard InChI is InChI=1S/C19H28N2O3/c1-13(2)10-11-24-19(23)16(12-15-8-6-5-7-9-15)21-18(22)17(20)14(3)4/h5-10,14,16-17H,11-12,20H2,1-4H3,(H,21,22)/t16-,17-/m0/s1. The summed E-state index contributed by atoms with van der Waals surface area (Å²) in [4.78, 5) is 24.6. The van der Waals surface area contributed by atoms with Gasteiger partial charge in [-0.3, -0.25) is 4.79 Å². The first-order valence-electron chi connectivity index (χ1n) is 8.21. The molecule has 0 aliphatic rings. The van der Waals surface area contributed by atoms with Gasteiger partial charge in [0.25, 0.3) is 0 Å². The topological polar surface area (TPSA) is 81.4 Å². The van der Waals surface area contributed by atoms with Crippen molar-refractivity contribution in [3.05, 3.63) is 47.5 Å². The molecule has 0 heterocycles. The maximum Gasteiger partial charge on any atom is 0.329 e. The molecule has 1 rings (SSSR count). The van der Waals surface area contributed by atoms with Crippen LogP contribution in [0.2, 0.25) is 0 Å². The first-order chi connectivity index (χ1) is 11.3. The third kappa shape index (κ3) is 6.96. The van der Waals surface area contributed by atoms with Crippen LogP contribution in [-0.2, 0) is 20.7 Å². The third-order valence-corrected chi connectivity index (χ3v) is 3.62. The van der Waals surface area contributed by atoms with Gasteiger partial charge in [-0.2, -0.15) is 0 Å². The van der Waals surface area contributed by atoms with Gasteiger partial charge < -0.3 is 15.8 Å². The number of ether oxygens (including phenoxy) is 1. The highest BCUT2D eigenvalue weighted by atomic mass is 16.5. The zero-order valence-electron chi connectivity index (χ0n) is 14.9. The van der Waals surface area contributed by atoms with Gasteiger partial charge >= 0.3 is 5.97 Å². The van der Waals surface area contributed by atoms with Crippen LogP contribution in [0, 0.1) is 5.92 Å². The highest BCUT2D eigenvalue weighted by molar-refractivity contribution is 5.87. The average Bonchev–Trinajstić information content (AvgIpc) is 2.53. The van der Waals surface area contributed by atoms with Crippen LogP contribution in [-0.4, -0.2) is 30.6 Å². The summed E-state index contributed by atoms with van der Waals surface area (Å²) in [5.41, 5.74) is 7.88. The van der Waals surface area contributed by atoms with Crippen LogP contribution >= 0.6 is 0 Å². The number of allylic oxidation sites excluding steroid dienone is 1. The van der Waals surface area contributed by atoms with E-state index in [1.807, 2.05) is 64.1 Å². The van der Waals surface area contributed by atoms with E-state index in [2.05, 4.69) is 5.32 Å². The molecule has 3 N–H and O–H groups in total. The van der Waals surface area contributed by atoms with Gasteiger partial charge in [-0.25, -0.2) is 4.79 Å². The molecule has 0 fully saturated rings. The second-order valence-corrected chi connectivity index (χ2v) is 6.43. The maximum atomic E-state index is 12.4. The molecule has 0 bridgehead atoms. The quantitative estimate of drug-likeness (QED) is 0.565. The Bertz CT molecular complexity index is 563. The SMILES string of the molecule is CC(C)=CCOC(=O)[C@H](Cc1ccccc1)NC(=O)[C@@H](N)C(C)C. The lowest BCUT2D eigenvalue weighted by Crippen LogP contribution is -2.51. The summed E-state index contributed by atoms with van der Waals surface area (Å²) in [6, 6.07) is 8.09. The summed E-state index contributed by atoms with van der Waals surface area (Å²) in [5.74, 6) is -0.810. The Hall–Kier alpha value is -2.14. The molecule has 1 aromatic carbocycles. The smallest absolute Gasteiger partial charge is 0.329 e. The molecule has 5 heteroatoms. The number of carbonyl (C=O) groups excluding carboxylic acids is 2. The first kappa shape index (κ1) is 19.9. The number of hydrogen-bond acceptors (Lipinski definition) is 4. The minimum Gasteiger partial charge on any atom is -0.460 e. The monoisotopic (exact) mass is 332 g/mol. The van der Waals surface area contributed by atoms with E-state index in [9.17, 15) is 9.59 Å². The van der Waals surface area contributed by atoms with E-state index in [1.54, 1.807) is 0 Å². The Balaban J connectivity index is 2.80. The number of esters is 1. The van der Waals surface area contributed by atoms with Crippen LogP contribution in [0.5, 0.6) is 0 Å². The summed E-state index contributed by atoms with van der Waals surface area (Å²) in [6.45, 7) is 7.78. The predicted octanol–water partition coefficient (Wildman–Crippen LogP) is 2.21. The summed E-state index contributed by atoms with van der Waals surface area (Å²) in [6.07, 6.45) is 2.18. The number of benzene rings is 1. The van der Waals surface area contributed by atoms with Crippen molar-refractivity contribution < 1.29 is 14.3 Å². The van der Waals surface area contributed by atoms with E-state index in [4.69, 9.17) is 10.5 Å². The van der Waals surface area contributed by atoms with Crippen LogP contribution in [0.4, 0.5) is 0 Å². The average molecular weight is 332 g/mol. The fourth-order valence-corrected chi connectivity index (χ4v) is 2.00. The van der Waals surface area contributed by atoms with Gasteiger partial charge in [-0.05, 0) is 31.4 Å². The Labute approximate surface area is 144 Å². The van der Waals surface area contributed by atoms with Gasteiger partial charge in [0.1, 0.15) is 12.6 Å². The molecular weight excluding hydrogens is 304 g/mol. The molecule has 0 spiro atoms. The van der Waals surface area contributed by atoms with Crippen molar-refractivity contribution in [2.45, 2.75) is 46.2 Å². The molecule has 0 saturated heterocycles. The number of carbonyl (C=O) groups is 2. The van der Waals surface area contributed by atoms with E-state index >= 15 is 0 Å². The highest BCUT2D eigenvalue weighted by Gasteiger charge is 2.26. The second-order valence-electron chi connectivity index (χ2n) is 6.43. The van der Waals surface area contributed by atoms with Crippen LogP contribution < -0.4 is 11.1 Å². The fraction of sp³-hybridized carbons (Fsp3) is 0.474. The number of rotatable bonds is 8. The van der Waals surface area contributed by atoms with Crippen molar-refractivity contribution in [3.63, 3.8) is 0 Å². The zero-order valence-corrected chi connectivity index (χ0v) is 14.9. The van der Waals surface area contributed by atoms with Crippen molar-refractivity contribution in [3.8, 4) is 0 Å². The van der Waals surface area contributed by atoms with E-state index < -0.39 is 18.1 Å². The van der Waals surface area contributed by atoms with Gasteiger partial charge in [0, 0.05) is 6.42 Å². The molecule has 0 saturated carbocycles. The van der Waals surface area contributed by atoms with Gasteiger partial charge in [0.05, 0.1) is 6.04 Å². The van der Waals surface area contributed by atoms with Gasteiger partial charge in [0.2, 0.25) is 5.91 Å². The molecule has 1 amide bonds. The van der Waals surface area contributed by atoms with E-state index in [1.165, 1.54) is 0 Å². The van der Waals surface area contributed by atoms with E-state index in [0.717, 1.165) is 11.1 Å². The lowest BCUT2D eigenvalue weighted by Gasteiger charge is -2.21. The molecule has 0 aliphatic heterocycles. The minimum absolute atomic E-state index is 0.0101. The second kappa shape index (κ2) is 9.88. The molecule has 24 heavy (non-hydrogen) atoms. The van der Waals surface area contributed by atoms with Crippen molar-refractivity contribution in [1.29, 1.82) is 0 Å². The summed E-state index contributed by atoms with van der Waals surface area (Å²) >= 11 is 0. The predicted molar refractivity (Wildman–Crippen MR) is 95.3 cm³/mol. The first-order valence-corrected chi connectivity index (χ1v) is 8.21. The normalized spacial score (nSPS) is 13.1. The van der Waals surface area contributed by atoms with Gasteiger partial charge in [-0.15, -0.1) is 0 Å². The highest BCUT2D eigenvalue weighted by Crippen LogP contribution is 2.07. The molecule has 0 radical (unpaired) electrons. The van der Waals surface area contributed by atoms with E-state index in [0.29, 0.717) is 6.42 Å². The summed E-state index contributed by atoms with van der Waals surface area (Å²) < 4.78 is 5.26. The van der Waals surface area contributed by atoms with Crippen molar-refractivity contribution in [1.82, 2.24) is 5.32 Å². The molecule has 1 aromatic rings. The van der Waals surface area contributed by atoms with Gasteiger partial charge in [0.15, 0.2) is 0 Å². The summed E-state index contributed by atoms with van der Waals surface area (Å²) in [5, 5.41) is 2.73. The Morgan fingerprint density at radius 1 is 1.21 bits per heavy atom. The Morgan fingerprint density at radius 2 is 1.83 bits per heavy atom.